The summed E-state index contributed by atoms with van der Waals surface area (Å²) in [6.45, 7) is 1.99. The smallest absolute Gasteiger partial charge is 0.277 e. The number of nitrogens with one attached hydrogen (secondary N) is 1. The molecule has 0 bridgehead atoms. The maximum absolute atomic E-state index is 12.9. The molecule has 0 saturated carbocycles. The van der Waals surface area contributed by atoms with E-state index in [4.69, 9.17) is 12.2 Å². The standard InChI is InChI=1S/C23H20N2OS2/c1-16(18-10-6-3-7-11-18)25-22(26)21(24-23(25)27)15-20-13-12-19(28-20)14-17-8-4-2-5-9-17/h2-13,15-16H,14H2,1H3,(H,24,27)/b21-15-. The summed E-state index contributed by atoms with van der Waals surface area (Å²) in [5.74, 6) is -0.0839. The van der Waals surface area contributed by atoms with E-state index in [1.807, 2.05) is 49.4 Å². The van der Waals surface area contributed by atoms with Crippen molar-refractivity contribution >= 4 is 40.7 Å². The van der Waals surface area contributed by atoms with E-state index in [0.717, 1.165) is 16.9 Å². The summed E-state index contributed by atoms with van der Waals surface area (Å²) in [6.07, 6.45) is 2.79. The molecule has 3 nitrogen and oxygen atoms in total. The molecule has 1 aliphatic heterocycles. The van der Waals surface area contributed by atoms with Crippen LogP contribution < -0.4 is 5.32 Å². The number of hydrogen-bond acceptors (Lipinski definition) is 3. The third kappa shape index (κ3) is 3.91. The van der Waals surface area contributed by atoms with Gasteiger partial charge in [-0.05, 0) is 48.5 Å². The molecule has 1 atom stereocenters. The molecule has 2 heterocycles. The lowest BCUT2D eigenvalue weighted by atomic mass is 10.1. The highest BCUT2D eigenvalue weighted by atomic mass is 32.1. The van der Waals surface area contributed by atoms with Crippen molar-refractivity contribution in [2.75, 3.05) is 0 Å². The third-order valence-corrected chi connectivity index (χ3v) is 6.10. The zero-order valence-electron chi connectivity index (χ0n) is 15.5. The van der Waals surface area contributed by atoms with Crippen molar-refractivity contribution in [3.8, 4) is 0 Å². The van der Waals surface area contributed by atoms with Crippen LogP contribution in [0.3, 0.4) is 0 Å². The van der Waals surface area contributed by atoms with Gasteiger partial charge in [0.15, 0.2) is 5.11 Å². The Kier molecular flexibility index (Phi) is 5.37. The molecule has 1 N–H and O–H groups in total. The molecule has 1 saturated heterocycles. The molecular formula is C23H20N2OS2. The Bertz CT molecular complexity index is 1030. The highest BCUT2D eigenvalue weighted by Gasteiger charge is 2.34. The molecule has 1 aliphatic rings. The van der Waals surface area contributed by atoms with E-state index in [0.29, 0.717) is 10.8 Å². The molecule has 1 unspecified atom stereocenters. The van der Waals surface area contributed by atoms with Gasteiger partial charge < -0.3 is 5.32 Å². The molecule has 3 aromatic rings. The van der Waals surface area contributed by atoms with Crippen molar-refractivity contribution in [1.29, 1.82) is 0 Å². The SMILES string of the molecule is CC(c1ccccc1)N1C(=O)/C(=C/c2ccc(Cc3ccccc3)s2)NC1=S. The number of rotatable bonds is 5. The molecule has 140 valence electrons. The number of amides is 1. The molecule has 1 fully saturated rings. The fraction of sp³-hybridized carbons (Fsp3) is 0.130. The number of thiophene rings is 1. The first-order valence-corrected chi connectivity index (χ1v) is 10.4. The van der Waals surface area contributed by atoms with Crippen molar-refractivity contribution in [3.05, 3.63) is 99.4 Å². The van der Waals surface area contributed by atoms with Crippen LogP contribution in [0, 0.1) is 0 Å². The van der Waals surface area contributed by atoms with E-state index in [2.05, 4.69) is 41.7 Å². The molecule has 1 amide bonds. The third-order valence-electron chi connectivity index (χ3n) is 4.77. The summed E-state index contributed by atoms with van der Waals surface area (Å²) in [7, 11) is 0. The first kappa shape index (κ1) is 18.6. The molecule has 0 spiro atoms. The van der Waals surface area contributed by atoms with Crippen LogP contribution in [0.2, 0.25) is 0 Å². The van der Waals surface area contributed by atoms with Crippen LogP contribution in [0.1, 0.15) is 33.8 Å². The Labute approximate surface area is 174 Å². The fourth-order valence-electron chi connectivity index (χ4n) is 3.29. The summed E-state index contributed by atoms with van der Waals surface area (Å²) < 4.78 is 0. The van der Waals surface area contributed by atoms with E-state index in [9.17, 15) is 4.79 Å². The molecule has 2 aromatic carbocycles. The Morgan fingerprint density at radius 3 is 2.43 bits per heavy atom. The molecule has 1 aromatic heterocycles. The van der Waals surface area contributed by atoms with Crippen molar-refractivity contribution in [1.82, 2.24) is 10.2 Å². The van der Waals surface area contributed by atoms with Crippen LogP contribution in [0.4, 0.5) is 0 Å². The Morgan fingerprint density at radius 2 is 1.71 bits per heavy atom. The van der Waals surface area contributed by atoms with Gasteiger partial charge in [0.05, 0.1) is 6.04 Å². The minimum atomic E-state index is -0.114. The molecular weight excluding hydrogens is 384 g/mol. The largest absolute Gasteiger partial charge is 0.328 e. The van der Waals surface area contributed by atoms with Gasteiger partial charge in [0, 0.05) is 16.2 Å². The van der Waals surface area contributed by atoms with Crippen molar-refractivity contribution < 1.29 is 4.79 Å². The van der Waals surface area contributed by atoms with Crippen LogP contribution in [-0.4, -0.2) is 15.9 Å². The maximum atomic E-state index is 12.9. The highest BCUT2D eigenvalue weighted by molar-refractivity contribution is 7.80. The Balaban J connectivity index is 1.51. The number of carbonyl (C=O) groups is 1. The minimum Gasteiger partial charge on any atom is -0.328 e. The average molecular weight is 405 g/mol. The fourth-order valence-corrected chi connectivity index (χ4v) is 4.63. The van der Waals surface area contributed by atoms with Gasteiger partial charge in [-0.2, -0.15) is 0 Å². The van der Waals surface area contributed by atoms with Gasteiger partial charge in [0.25, 0.3) is 5.91 Å². The van der Waals surface area contributed by atoms with E-state index < -0.39 is 0 Å². The lowest BCUT2D eigenvalue weighted by molar-refractivity contribution is -0.123. The zero-order chi connectivity index (χ0) is 19.5. The lowest BCUT2D eigenvalue weighted by Gasteiger charge is -2.23. The van der Waals surface area contributed by atoms with Gasteiger partial charge in [-0.25, -0.2) is 0 Å². The summed E-state index contributed by atoms with van der Waals surface area (Å²) >= 11 is 7.13. The second-order valence-electron chi connectivity index (χ2n) is 6.72. The number of thiocarbonyl (C=S) groups is 1. The topological polar surface area (TPSA) is 32.3 Å². The first-order chi connectivity index (χ1) is 13.6. The van der Waals surface area contributed by atoms with E-state index >= 15 is 0 Å². The summed E-state index contributed by atoms with van der Waals surface area (Å²) in [4.78, 5) is 16.9. The molecule has 5 heteroatoms. The summed E-state index contributed by atoms with van der Waals surface area (Å²) in [5, 5.41) is 3.54. The monoisotopic (exact) mass is 404 g/mol. The van der Waals surface area contributed by atoms with Gasteiger partial charge in [-0.1, -0.05) is 60.7 Å². The second-order valence-corrected chi connectivity index (χ2v) is 8.30. The average Bonchev–Trinajstić information content (AvgIpc) is 3.26. The van der Waals surface area contributed by atoms with Gasteiger partial charge in [0.1, 0.15) is 5.70 Å². The minimum absolute atomic E-state index is 0.0839. The van der Waals surface area contributed by atoms with E-state index in [-0.39, 0.29) is 11.9 Å². The van der Waals surface area contributed by atoms with E-state index in [1.165, 1.54) is 10.4 Å². The van der Waals surface area contributed by atoms with Gasteiger partial charge in [0.2, 0.25) is 0 Å². The predicted molar refractivity (Wildman–Crippen MR) is 119 cm³/mol. The first-order valence-electron chi connectivity index (χ1n) is 9.15. The summed E-state index contributed by atoms with van der Waals surface area (Å²) in [5.41, 5.74) is 2.87. The highest BCUT2D eigenvalue weighted by Crippen LogP contribution is 2.28. The molecule has 28 heavy (non-hydrogen) atoms. The van der Waals surface area contributed by atoms with Crippen LogP contribution in [-0.2, 0) is 11.2 Å². The number of carbonyl (C=O) groups excluding carboxylic acids is 1. The van der Waals surface area contributed by atoms with Gasteiger partial charge in [-0.15, -0.1) is 11.3 Å². The quantitative estimate of drug-likeness (QED) is 0.471. The maximum Gasteiger partial charge on any atom is 0.277 e. The van der Waals surface area contributed by atoms with Crippen molar-refractivity contribution in [2.24, 2.45) is 0 Å². The number of nitrogens with zero attached hydrogens (tertiary/aromatic N) is 1. The van der Waals surface area contributed by atoms with Crippen LogP contribution >= 0.6 is 23.6 Å². The van der Waals surface area contributed by atoms with E-state index in [1.54, 1.807) is 16.2 Å². The molecule has 4 rings (SSSR count). The van der Waals surface area contributed by atoms with Crippen molar-refractivity contribution in [3.63, 3.8) is 0 Å². The van der Waals surface area contributed by atoms with Gasteiger partial charge >= 0.3 is 0 Å². The second kappa shape index (κ2) is 8.09. The number of benzene rings is 2. The Hall–Kier alpha value is -2.76. The lowest BCUT2D eigenvalue weighted by Crippen LogP contribution is -2.33. The Morgan fingerprint density at radius 1 is 1.04 bits per heavy atom. The normalized spacial score (nSPS) is 16.5. The van der Waals surface area contributed by atoms with Crippen LogP contribution in [0.5, 0.6) is 0 Å². The predicted octanol–water partition coefficient (Wildman–Crippen LogP) is 5.16. The summed E-state index contributed by atoms with van der Waals surface area (Å²) in [6, 6.07) is 24.4. The van der Waals surface area contributed by atoms with Gasteiger partial charge in [-0.3, -0.25) is 9.69 Å². The zero-order valence-corrected chi connectivity index (χ0v) is 17.1. The van der Waals surface area contributed by atoms with Crippen molar-refractivity contribution in [2.45, 2.75) is 19.4 Å². The van der Waals surface area contributed by atoms with Crippen LogP contribution in [0.15, 0.2) is 78.5 Å². The van der Waals surface area contributed by atoms with Crippen LogP contribution in [0.25, 0.3) is 6.08 Å². The molecule has 0 aliphatic carbocycles. The number of hydrogen-bond donors (Lipinski definition) is 1. The molecule has 0 radical (unpaired) electrons.